The van der Waals surface area contributed by atoms with E-state index in [-0.39, 0.29) is 4.91 Å². The average Bonchev–Trinajstić information content (AvgIpc) is 2.98. The Labute approximate surface area is 215 Å². The van der Waals surface area contributed by atoms with Crippen molar-refractivity contribution in [1.82, 2.24) is 4.72 Å². The topological polar surface area (TPSA) is 55.4 Å². The highest BCUT2D eigenvalue weighted by molar-refractivity contribution is 7.93. The molecule has 6 heteroatoms. The van der Waals surface area contributed by atoms with Crippen LogP contribution in [0.15, 0.2) is 77.4 Å². The van der Waals surface area contributed by atoms with Crippen LogP contribution in [0.25, 0.3) is 5.57 Å². The summed E-state index contributed by atoms with van der Waals surface area (Å²) in [5.41, 5.74) is 3.62. The largest absolute Gasteiger partial charge is 0.462 e. The highest BCUT2D eigenvalue weighted by Gasteiger charge is 2.12. The first-order chi connectivity index (χ1) is 16.8. The summed E-state index contributed by atoms with van der Waals surface area (Å²) in [6.45, 7) is 3.73. The number of hydrogen-bond donors (Lipinski definition) is 1. The molecule has 0 amide bonds. The van der Waals surface area contributed by atoms with E-state index >= 15 is 0 Å². The van der Waals surface area contributed by atoms with E-state index in [1.807, 2.05) is 31.2 Å². The molecule has 2 aromatic carbocycles. The van der Waals surface area contributed by atoms with Crippen molar-refractivity contribution >= 4 is 27.2 Å². The molecule has 188 valence electrons. The van der Waals surface area contributed by atoms with Crippen LogP contribution in [0.5, 0.6) is 5.75 Å². The Balaban J connectivity index is 1.58. The zero-order chi connectivity index (χ0) is 25.1. The van der Waals surface area contributed by atoms with Crippen LogP contribution < -0.4 is 9.46 Å². The fourth-order valence-electron chi connectivity index (χ4n) is 4.03. The maximum atomic E-state index is 12.6. The van der Waals surface area contributed by atoms with Gasteiger partial charge in [-0.1, -0.05) is 61.2 Å². The van der Waals surface area contributed by atoms with Crippen molar-refractivity contribution in [1.29, 1.82) is 0 Å². The molecule has 35 heavy (non-hydrogen) atoms. The third kappa shape index (κ3) is 9.32. The molecule has 4 nitrogen and oxygen atoms in total. The third-order valence-electron chi connectivity index (χ3n) is 6.12. The zero-order valence-electron chi connectivity index (χ0n) is 20.7. The van der Waals surface area contributed by atoms with Crippen molar-refractivity contribution in [2.75, 3.05) is 6.54 Å². The summed E-state index contributed by atoms with van der Waals surface area (Å²) in [6, 6.07) is 15.6. The number of halogens is 1. The molecular formula is C29H36ClNO3S. The maximum Gasteiger partial charge on any atom is 0.236 e. The number of benzene rings is 2. The summed E-state index contributed by atoms with van der Waals surface area (Å²) >= 11 is 5.89. The molecule has 0 aliphatic heterocycles. The van der Waals surface area contributed by atoms with Crippen LogP contribution in [0.3, 0.4) is 0 Å². The lowest BCUT2D eigenvalue weighted by Gasteiger charge is -2.11. The molecule has 3 rings (SSSR count). The Kier molecular flexibility index (Phi) is 10.6. The SMILES string of the molecule is C/C(=C\C=C(/C)S(=O)(=O)NCCc1ccc(Cl)cc1)Oc1cccc(/C2=C\CCCCCCC2)c1. The summed E-state index contributed by atoms with van der Waals surface area (Å²) in [4.78, 5) is 0.237. The van der Waals surface area contributed by atoms with E-state index < -0.39 is 10.0 Å². The van der Waals surface area contributed by atoms with Gasteiger partial charge in [0.15, 0.2) is 0 Å². The van der Waals surface area contributed by atoms with Gasteiger partial charge in [0.2, 0.25) is 10.0 Å². The molecule has 0 radical (unpaired) electrons. The molecule has 0 bridgehead atoms. The lowest BCUT2D eigenvalue weighted by molar-refractivity contribution is 0.428. The minimum atomic E-state index is -3.56. The zero-order valence-corrected chi connectivity index (χ0v) is 22.3. The van der Waals surface area contributed by atoms with Crippen LogP contribution in [-0.2, 0) is 16.4 Å². The normalized spacial score (nSPS) is 17.6. The molecule has 0 unspecified atom stereocenters. The number of nitrogens with one attached hydrogen (secondary N) is 1. The smallest absolute Gasteiger partial charge is 0.236 e. The van der Waals surface area contributed by atoms with E-state index in [0.717, 1.165) is 24.2 Å². The van der Waals surface area contributed by atoms with E-state index in [1.165, 1.54) is 43.2 Å². The van der Waals surface area contributed by atoms with Gasteiger partial charge in [0.25, 0.3) is 0 Å². The monoisotopic (exact) mass is 513 g/mol. The Bertz CT molecular complexity index is 1160. The van der Waals surface area contributed by atoms with Gasteiger partial charge in [-0.3, -0.25) is 0 Å². The maximum absolute atomic E-state index is 12.6. The fourth-order valence-corrected chi connectivity index (χ4v) is 5.00. The molecule has 0 saturated heterocycles. The number of sulfonamides is 1. The molecule has 0 heterocycles. The second-order valence-corrected chi connectivity index (χ2v) is 11.4. The van der Waals surface area contributed by atoms with Crippen molar-refractivity contribution in [2.45, 2.75) is 65.2 Å². The average molecular weight is 514 g/mol. The molecule has 0 fully saturated rings. The van der Waals surface area contributed by atoms with Crippen LogP contribution in [0.2, 0.25) is 5.02 Å². The standard InChI is InChI=1S/C29H36ClNO3S/c1-23(14-15-24(2)35(32,33)31-21-20-25-16-18-28(30)19-17-25)34-29-13-9-12-27(22-29)26-10-7-5-3-4-6-8-11-26/h9-10,12-19,22,31H,3-8,11,20-21H2,1-2H3/b23-14+,24-15+,26-10-. The van der Waals surface area contributed by atoms with Crippen molar-refractivity contribution < 1.29 is 13.2 Å². The number of rotatable bonds is 9. The van der Waals surface area contributed by atoms with Crippen LogP contribution in [0.1, 0.15) is 69.9 Å². The van der Waals surface area contributed by atoms with E-state index in [9.17, 15) is 8.42 Å². The quantitative estimate of drug-likeness (QED) is 0.274. The summed E-state index contributed by atoms with van der Waals surface area (Å²) < 4.78 is 33.8. The van der Waals surface area contributed by atoms with Crippen molar-refractivity contribution in [3.05, 3.63) is 93.6 Å². The second kappa shape index (κ2) is 13.7. The first-order valence-corrected chi connectivity index (χ1v) is 14.3. The Morgan fingerprint density at radius 2 is 1.74 bits per heavy atom. The molecule has 0 atom stereocenters. The molecule has 2 aromatic rings. The minimum absolute atomic E-state index is 0.237. The first kappa shape index (κ1) is 27.3. The summed E-state index contributed by atoms with van der Waals surface area (Å²) in [7, 11) is -3.56. The Morgan fingerprint density at radius 1 is 1.00 bits per heavy atom. The highest BCUT2D eigenvalue weighted by atomic mass is 35.5. The van der Waals surface area contributed by atoms with Gasteiger partial charge in [-0.2, -0.15) is 0 Å². The van der Waals surface area contributed by atoms with Crippen LogP contribution >= 0.6 is 11.6 Å². The van der Waals surface area contributed by atoms with Crippen molar-refractivity contribution in [3.63, 3.8) is 0 Å². The molecule has 1 N–H and O–H groups in total. The predicted molar refractivity (Wildman–Crippen MR) is 147 cm³/mol. The van der Waals surface area contributed by atoms with Gasteiger partial charge in [-0.05, 0) is 99.1 Å². The summed E-state index contributed by atoms with van der Waals surface area (Å²) in [5.74, 6) is 1.38. The van der Waals surface area contributed by atoms with E-state index in [4.69, 9.17) is 16.3 Å². The van der Waals surface area contributed by atoms with Crippen LogP contribution in [0.4, 0.5) is 0 Å². The van der Waals surface area contributed by atoms with Gasteiger partial charge in [-0.15, -0.1) is 0 Å². The Hall–Kier alpha value is -2.34. The van der Waals surface area contributed by atoms with Gasteiger partial charge in [0.1, 0.15) is 11.5 Å². The molecule has 1 aliphatic rings. The van der Waals surface area contributed by atoms with Gasteiger partial charge >= 0.3 is 0 Å². The number of allylic oxidation sites excluding steroid dienone is 6. The molecule has 1 aliphatic carbocycles. The lowest BCUT2D eigenvalue weighted by atomic mass is 9.99. The highest BCUT2D eigenvalue weighted by Crippen LogP contribution is 2.28. The Morgan fingerprint density at radius 3 is 2.54 bits per heavy atom. The first-order valence-electron chi connectivity index (χ1n) is 12.4. The van der Waals surface area contributed by atoms with E-state index in [2.05, 4.69) is 22.9 Å². The van der Waals surface area contributed by atoms with Gasteiger partial charge in [0.05, 0.1) is 4.91 Å². The summed E-state index contributed by atoms with van der Waals surface area (Å²) in [5, 5.41) is 0.663. The number of ether oxygens (including phenoxy) is 1. The second-order valence-electron chi connectivity index (χ2n) is 8.99. The van der Waals surface area contributed by atoms with Crippen LogP contribution in [-0.4, -0.2) is 15.0 Å². The van der Waals surface area contributed by atoms with Gasteiger partial charge in [-0.25, -0.2) is 13.1 Å². The minimum Gasteiger partial charge on any atom is -0.462 e. The van der Waals surface area contributed by atoms with Gasteiger partial charge in [0, 0.05) is 11.6 Å². The van der Waals surface area contributed by atoms with Gasteiger partial charge < -0.3 is 4.74 Å². The van der Waals surface area contributed by atoms with E-state index in [0.29, 0.717) is 23.7 Å². The van der Waals surface area contributed by atoms with Crippen molar-refractivity contribution in [3.8, 4) is 5.75 Å². The molecule has 0 spiro atoms. The molecular weight excluding hydrogens is 478 g/mol. The molecule has 0 aromatic heterocycles. The molecule has 0 saturated carbocycles. The van der Waals surface area contributed by atoms with Crippen molar-refractivity contribution in [2.24, 2.45) is 0 Å². The third-order valence-corrected chi connectivity index (χ3v) is 7.94. The van der Waals surface area contributed by atoms with Crippen LogP contribution in [0, 0.1) is 0 Å². The lowest BCUT2D eigenvalue weighted by Crippen LogP contribution is -2.26. The summed E-state index contributed by atoms with van der Waals surface area (Å²) in [6.07, 6.45) is 14.9. The predicted octanol–water partition coefficient (Wildman–Crippen LogP) is 7.82. The number of hydrogen-bond acceptors (Lipinski definition) is 3. The van der Waals surface area contributed by atoms with E-state index in [1.54, 1.807) is 31.2 Å². The fraction of sp³-hybridized carbons (Fsp3) is 0.379.